The molecule has 1 atom stereocenters. The van der Waals surface area contributed by atoms with Crippen LogP contribution < -0.4 is 5.32 Å². The molecular formula is C17H16BrNO3. The van der Waals surface area contributed by atoms with Gasteiger partial charge in [-0.3, -0.25) is 9.59 Å². The minimum absolute atomic E-state index is 0.150. The van der Waals surface area contributed by atoms with Crippen LogP contribution in [0.2, 0.25) is 0 Å². The van der Waals surface area contributed by atoms with Gasteiger partial charge in [0.25, 0.3) is 5.91 Å². The monoisotopic (exact) mass is 361 g/mol. The van der Waals surface area contributed by atoms with E-state index in [2.05, 4.69) is 21.2 Å². The van der Waals surface area contributed by atoms with E-state index in [4.69, 9.17) is 4.74 Å². The van der Waals surface area contributed by atoms with Crippen molar-refractivity contribution in [3.63, 3.8) is 0 Å². The molecule has 0 fully saturated rings. The summed E-state index contributed by atoms with van der Waals surface area (Å²) in [6.45, 7) is 1.55. The maximum atomic E-state index is 12.0. The molecule has 22 heavy (non-hydrogen) atoms. The van der Waals surface area contributed by atoms with Gasteiger partial charge in [0.1, 0.15) is 0 Å². The molecule has 0 saturated heterocycles. The predicted molar refractivity (Wildman–Crippen MR) is 88.5 cm³/mol. The molecular weight excluding hydrogens is 346 g/mol. The number of anilines is 1. The normalized spacial score (nSPS) is 11.5. The second-order valence-electron chi connectivity index (χ2n) is 4.79. The Labute approximate surface area is 137 Å². The van der Waals surface area contributed by atoms with Crippen LogP contribution in [-0.4, -0.2) is 18.0 Å². The molecule has 0 spiro atoms. The highest BCUT2D eigenvalue weighted by Crippen LogP contribution is 2.14. The number of carbonyl (C=O) groups excluding carboxylic acids is 2. The number of rotatable bonds is 5. The SMILES string of the molecule is C[C@H](OC(=O)Cc1ccccc1)C(=O)Nc1ccc(Br)cc1. The zero-order valence-electron chi connectivity index (χ0n) is 12.1. The Morgan fingerprint density at radius 1 is 1.09 bits per heavy atom. The summed E-state index contributed by atoms with van der Waals surface area (Å²) in [5, 5.41) is 2.70. The minimum atomic E-state index is -0.847. The molecule has 4 nitrogen and oxygen atoms in total. The van der Waals surface area contributed by atoms with E-state index in [-0.39, 0.29) is 12.3 Å². The summed E-state index contributed by atoms with van der Waals surface area (Å²) in [4.78, 5) is 23.8. The largest absolute Gasteiger partial charge is 0.452 e. The van der Waals surface area contributed by atoms with Gasteiger partial charge in [-0.25, -0.2) is 0 Å². The Kier molecular flexibility index (Phi) is 5.72. The van der Waals surface area contributed by atoms with Gasteiger partial charge < -0.3 is 10.1 Å². The molecule has 0 unspecified atom stereocenters. The van der Waals surface area contributed by atoms with E-state index in [0.717, 1.165) is 10.0 Å². The molecule has 0 radical (unpaired) electrons. The standard InChI is InChI=1S/C17H16BrNO3/c1-12(17(21)19-15-9-7-14(18)8-10-15)22-16(20)11-13-5-3-2-4-6-13/h2-10,12H,11H2,1H3,(H,19,21)/t12-/m0/s1. The van der Waals surface area contributed by atoms with Crippen molar-refractivity contribution in [2.75, 3.05) is 5.32 Å². The van der Waals surface area contributed by atoms with Crippen molar-refractivity contribution in [1.82, 2.24) is 0 Å². The lowest BCUT2D eigenvalue weighted by molar-refractivity contribution is -0.152. The number of halogens is 1. The molecule has 1 amide bonds. The van der Waals surface area contributed by atoms with Crippen LogP contribution in [-0.2, 0) is 20.7 Å². The van der Waals surface area contributed by atoms with E-state index in [1.165, 1.54) is 0 Å². The van der Waals surface area contributed by atoms with Crippen LogP contribution >= 0.6 is 15.9 Å². The molecule has 0 heterocycles. The van der Waals surface area contributed by atoms with Gasteiger partial charge in [-0.1, -0.05) is 46.3 Å². The van der Waals surface area contributed by atoms with Crippen LogP contribution in [0.5, 0.6) is 0 Å². The van der Waals surface area contributed by atoms with Gasteiger partial charge >= 0.3 is 5.97 Å². The zero-order chi connectivity index (χ0) is 15.9. The van der Waals surface area contributed by atoms with Gasteiger partial charge in [0, 0.05) is 10.2 Å². The summed E-state index contributed by atoms with van der Waals surface area (Å²) in [5.74, 6) is -0.784. The maximum absolute atomic E-state index is 12.0. The average molecular weight is 362 g/mol. The molecule has 2 aromatic rings. The molecule has 114 valence electrons. The Balaban J connectivity index is 1.85. The van der Waals surface area contributed by atoms with E-state index in [1.807, 2.05) is 42.5 Å². The molecule has 2 aromatic carbocycles. The van der Waals surface area contributed by atoms with Crippen molar-refractivity contribution in [2.24, 2.45) is 0 Å². The van der Waals surface area contributed by atoms with E-state index >= 15 is 0 Å². The van der Waals surface area contributed by atoms with Gasteiger partial charge in [0.05, 0.1) is 6.42 Å². The smallest absolute Gasteiger partial charge is 0.311 e. The lowest BCUT2D eigenvalue weighted by atomic mass is 10.1. The van der Waals surface area contributed by atoms with E-state index < -0.39 is 12.1 Å². The van der Waals surface area contributed by atoms with Crippen molar-refractivity contribution < 1.29 is 14.3 Å². The molecule has 0 aliphatic carbocycles. The predicted octanol–water partition coefficient (Wildman–Crippen LogP) is 3.56. The van der Waals surface area contributed by atoms with E-state index in [1.54, 1.807) is 19.1 Å². The maximum Gasteiger partial charge on any atom is 0.311 e. The summed E-state index contributed by atoms with van der Waals surface area (Å²) in [6.07, 6.45) is -0.698. The third-order valence-electron chi connectivity index (χ3n) is 2.98. The number of hydrogen-bond acceptors (Lipinski definition) is 3. The number of benzene rings is 2. The summed E-state index contributed by atoms with van der Waals surface area (Å²) in [6, 6.07) is 16.4. The molecule has 1 N–H and O–H groups in total. The summed E-state index contributed by atoms with van der Waals surface area (Å²) >= 11 is 3.32. The Morgan fingerprint density at radius 3 is 2.36 bits per heavy atom. The topological polar surface area (TPSA) is 55.4 Å². The average Bonchev–Trinajstić information content (AvgIpc) is 2.50. The first-order chi connectivity index (χ1) is 10.5. The number of esters is 1. The Bertz CT molecular complexity index is 641. The van der Waals surface area contributed by atoms with Gasteiger partial charge in [-0.15, -0.1) is 0 Å². The molecule has 0 bridgehead atoms. The number of hydrogen-bond donors (Lipinski definition) is 1. The van der Waals surface area contributed by atoms with Gasteiger partial charge in [-0.05, 0) is 36.8 Å². The van der Waals surface area contributed by atoms with Crippen LogP contribution in [0.3, 0.4) is 0 Å². The van der Waals surface area contributed by atoms with Gasteiger partial charge in [0.2, 0.25) is 0 Å². The quantitative estimate of drug-likeness (QED) is 0.828. The lowest BCUT2D eigenvalue weighted by Crippen LogP contribution is -2.30. The molecule has 5 heteroatoms. The van der Waals surface area contributed by atoms with E-state index in [9.17, 15) is 9.59 Å². The summed E-state index contributed by atoms with van der Waals surface area (Å²) in [7, 11) is 0. The molecule has 0 aliphatic rings. The summed E-state index contributed by atoms with van der Waals surface area (Å²) < 4.78 is 6.08. The first-order valence-corrected chi connectivity index (χ1v) is 7.64. The van der Waals surface area contributed by atoms with Gasteiger partial charge in [0.15, 0.2) is 6.10 Å². The third-order valence-corrected chi connectivity index (χ3v) is 3.51. The zero-order valence-corrected chi connectivity index (χ0v) is 13.7. The van der Waals surface area contributed by atoms with E-state index in [0.29, 0.717) is 5.69 Å². The highest BCUT2D eigenvalue weighted by atomic mass is 79.9. The number of nitrogens with one attached hydrogen (secondary N) is 1. The molecule has 2 rings (SSSR count). The van der Waals surface area contributed by atoms with Crippen molar-refractivity contribution in [3.05, 3.63) is 64.6 Å². The molecule has 0 aliphatic heterocycles. The minimum Gasteiger partial charge on any atom is -0.452 e. The highest BCUT2D eigenvalue weighted by molar-refractivity contribution is 9.10. The number of ether oxygens (including phenoxy) is 1. The van der Waals surface area contributed by atoms with Gasteiger partial charge in [-0.2, -0.15) is 0 Å². The van der Waals surface area contributed by atoms with Crippen molar-refractivity contribution >= 4 is 33.5 Å². The molecule has 0 saturated carbocycles. The number of amides is 1. The fourth-order valence-electron chi connectivity index (χ4n) is 1.83. The van der Waals surface area contributed by atoms with Crippen molar-refractivity contribution in [2.45, 2.75) is 19.4 Å². The fourth-order valence-corrected chi connectivity index (χ4v) is 2.10. The molecule has 0 aromatic heterocycles. The lowest BCUT2D eigenvalue weighted by Gasteiger charge is -2.13. The fraction of sp³-hybridized carbons (Fsp3) is 0.176. The van der Waals surface area contributed by atoms with Crippen LogP contribution in [0.25, 0.3) is 0 Å². The first-order valence-electron chi connectivity index (χ1n) is 6.84. The third kappa shape index (κ3) is 5.00. The second kappa shape index (κ2) is 7.75. The van der Waals surface area contributed by atoms with Crippen molar-refractivity contribution in [1.29, 1.82) is 0 Å². The van der Waals surface area contributed by atoms with Crippen LogP contribution in [0.15, 0.2) is 59.1 Å². The van der Waals surface area contributed by atoms with Crippen LogP contribution in [0, 0.1) is 0 Å². The second-order valence-corrected chi connectivity index (χ2v) is 5.71. The Morgan fingerprint density at radius 2 is 1.73 bits per heavy atom. The van der Waals surface area contributed by atoms with Crippen molar-refractivity contribution in [3.8, 4) is 0 Å². The van der Waals surface area contributed by atoms with Crippen LogP contribution in [0.4, 0.5) is 5.69 Å². The van der Waals surface area contributed by atoms with Crippen LogP contribution in [0.1, 0.15) is 12.5 Å². The Hall–Kier alpha value is -2.14. The number of carbonyl (C=O) groups is 2. The first kappa shape index (κ1) is 16.2. The highest BCUT2D eigenvalue weighted by Gasteiger charge is 2.18. The summed E-state index contributed by atoms with van der Waals surface area (Å²) in [5.41, 5.74) is 1.51.